The van der Waals surface area contributed by atoms with Crippen LogP contribution in [0.4, 0.5) is 0 Å². The van der Waals surface area contributed by atoms with Crippen molar-refractivity contribution in [1.29, 1.82) is 0 Å². The molecule has 0 fully saturated rings. The highest BCUT2D eigenvalue weighted by atomic mass is 32.2. The molecule has 0 aliphatic carbocycles. The molecule has 0 atom stereocenters. The van der Waals surface area contributed by atoms with Crippen LogP contribution in [0, 0.1) is 0 Å². The van der Waals surface area contributed by atoms with Gasteiger partial charge in [0.1, 0.15) is 16.3 Å². The zero-order chi connectivity index (χ0) is 20.4. The lowest BCUT2D eigenvalue weighted by Gasteiger charge is -2.11. The van der Waals surface area contributed by atoms with E-state index < -0.39 is 15.9 Å². The summed E-state index contributed by atoms with van der Waals surface area (Å²) in [5.74, 6) is -0.689. The molecular formula is C20H16N4O4S. The molecule has 2 aromatic heterocycles. The van der Waals surface area contributed by atoms with Crippen molar-refractivity contribution >= 4 is 26.8 Å². The van der Waals surface area contributed by atoms with Gasteiger partial charge in [0.15, 0.2) is 0 Å². The van der Waals surface area contributed by atoms with Gasteiger partial charge in [-0.05, 0) is 42.5 Å². The normalized spacial score (nSPS) is 11.3. The van der Waals surface area contributed by atoms with Crippen molar-refractivity contribution in [2.24, 2.45) is 0 Å². The van der Waals surface area contributed by atoms with E-state index in [0.29, 0.717) is 5.52 Å². The second-order valence-corrected chi connectivity index (χ2v) is 7.73. The van der Waals surface area contributed by atoms with Gasteiger partial charge in [-0.3, -0.25) is 4.79 Å². The summed E-state index contributed by atoms with van der Waals surface area (Å²) in [6.45, 7) is 0. The van der Waals surface area contributed by atoms with Gasteiger partial charge < -0.3 is 4.74 Å². The molecule has 8 nitrogen and oxygen atoms in total. The second kappa shape index (κ2) is 7.36. The van der Waals surface area contributed by atoms with Gasteiger partial charge in [0.05, 0.1) is 18.3 Å². The average molecular weight is 408 g/mol. The second-order valence-electron chi connectivity index (χ2n) is 6.08. The summed E-state index contributed by atoms with van der Waals surface area (Å²) in [7, 11) is -2.77. The maximum absolute atomic E-state index is 12.6. The number of para-hydroxylation sites is 1. The monoisotopic (exact) mass is 408 g/mol. The van der Waals surface area contributed by atoms with E-state index in [0.717, 1.165) is 11.1 Å². The first-order chi connectivity index (χ1) is 14.0. The maximum atomic E-state index is 12.6. The number of nitrogens with zero attached hydrogens (tertiary/aromatic N) is 3. The summed E-state index contributed by atoms with van der Waals surface area (Å²) in [6, 6.07) is 16.5. The number of hydrogen-bond donors (Lipinski definition) is 1. The Morgan fingerprint density at radius 2 is 1.86 bits per heavy atom. The van der Waals surface area contributed by atoms with E-state index in [1.165, 1.54) is 25.3 Å². The molecular weight excluding hydrogens is 392 g/mol. The number of ether oxygens (including phenoxy) is 1. The van der Waals surface area contributed by atoms with Gasteiger partial charge in [-0.15, -0.1) is 0 Å². The van der Waals surface area contributed by atoms with Gasteiger partial charge in [0.25, 0.3) is 15.9 Å². The van der Waals surface area contributed by atoms with Crippen molar-refractivity contribution < 1.29 is 17.9 Å². The fourth-order valence-corrected chi connectivity index (χ4v) is 4.08. The number of rotatable bonds is 5. The minimum Gasteiger partial charge on any atom is -0.495 e. The molecule has 0 saturated carbocycles. The smallest absolute Gasteiger partial charge is 0.283 e. The number of amides is 1. The van der Waals surface area contributed by atoms with Crippen LogP contribution in [0.5, 0.6) is 5.75 Å². The molecule has 0 aliphatic heterocycles. The molecule has 146 valence electrons. The molecule has 2 heterocycles. The van der Waals surface area contributed by atoms with E-state index in [1.54, 1.807) is 53.5 Å². The Hall–Kier alpha value is -3.72. The fourth-order valence-electron chi connectivity index (χ4n) is 2.95. The molecule has 0 bridgehead atoms. The molecule has 4 aromatic rings. The Balaban J connectivity index is 1.67. The van der Waals surface area contributed by atoms with Gasteiger partial charge in [0, 0.05) is 17.8 Å². The van der Waals surface area contributed by atoms with E-state index >= 15 is 0 Å². The number of nitrogens with one attached hydrogen (secondary N) is 1. The zero-order valence-corrected chi connectivity index (χ0v) is 16.1. The molecule has 2 aromatic carbocycles. The van der Waals surface area contributed by atoms with E-state index in [1.807, 2.05) is 10.8 Å². The summed E-state index contributed by atoms with van der Waals surface area (Å²) in [5, 5.41) is 4.99. The molecule has 0 aliphatic rings. The van der Waals surface area contributed by atoms with Gasteiger partial charge in [0.2, 0.25) is 0 Å². The topological polar surface area (TPSA) is 103 Å². The number of aromatic nitrogens is 3. The summed E-state index contributed by atoms with van der Waals surface area (Å²) in [6.07, 6.45) is 3.46. The zero-order valence-electron chi connectivity index (χ0n) is 15.3. The minimum atomic E-state index is -4.13. The number of methoxy groups -OCH3 is 1. The Kier molecular flexibility index (Phi) is 4.73. The summed E-state index contributed by atoms with van der Waals surface area (Å²) in [4.78, 5) is 16.8. The molecule has 29 heavy (non-hydrogen) atoms. The highest BCUT2D eigenvalue weighted by Gasteiger charge is 2.23. The van der Waals surface area contributed by atoms with Crippen LogP contribution in [0.2, 0.25) is 0 Å². The third-order valence-electron chi connectivity index (χ3n) is 4.28. The van der Waals surface area contributed by atoms with Crippen molar-refractivity contribution in [2.75, 3.05) is 7.11 Å². The van der Waals surface area contributed by atoms with E-state index in [2.05, 4.69) is 10.1 Å². The number of carbonyl (C=O) groups is 1. The van der Waals surface area contributed by atoms with Crippen LogP contribution in [0.1, 0.15) is 10.5 Å². The first-order valence-corrected chi connectivity index (χ1v) is 10.1. The van der Waals surface area contributed by atoms with E-state index in [4.69, 9.17) is 4.74 Å². The van der Waals surface area contributed by atoms with Crippen molar-refractivity contribution in [1.82, 2.24) is 19.5 Å². The predicted molar refractivity (Wildman–Crippen MR) is 107 cm³/mol. The Morgan fingerprint density at radius 3 is 2.62 bits per heavy atom. The number of hydrogen-bond acceptors (Lipinski definition) is 6. The number of carbonyl (C=O) groups excluding carboxylic acids is 1. The molecule has 0 unspecified atom stereocenters. The van der Waals surface area contributed by atoms with Crippen molar-refractivity contribution in [3.63, 3.8) is 0 Å². The van der Waals surface area contributed by atoms with Crippen LogP contribution in [0.15, 0.2) is 78.0 Å². The molecule has 0 saturated heterocycles. The summed E-state index contributed by atoms with van der Waals surface area (Å²) < 4.78 is 34.0. The van der Waals surface area contributed by atoms with Crippen molar-refractivity contribution in [2.45, 2.75) is 4.90 Å². The highest BCUT2D eigenvalue weighted by molar-refractivity contribution is 7.90. The largest absolute Gasteiger partial charge is 0.495 e. The number of benzene rings is 2. The average Bonchev–Trinajstić information content (AvgIpc) is 3.27. The molecule has 9 heteroatoms. The lowest BCUT2D eigenvalue weighted by Crippen LogP contribution is -2.31. The van der Waals surface area contributed by atoms with E-state index in [9.17, 15) is 13.2 Å². The van der Waals surface area contributed by atoms with Crippen LogP contribution in [0.25, 0.3) is 16.6 Å². The van der Waals surface area contributed by atoms with Gasteiger partial charge in [-0.1, -0.05) is 18.2 Å². The quantitative estimate of drug-likeness (QED) is 0.544. The third-order valence-corrected chi connectivity index (χ3v) is 5.65. The predicted octanol–water partition coefficient (Wildman–Crippen LogP) is 2.55. The van der Waals surface area contributed by atoms with Crippen LogP contribution in [-0.2, 0) is 10.0 Å². The Labute approximate surface area is 166 Å². The minimum absolute atomic E-state index is 0.0198. The lowest BCUT2D eigenvalue weighted by atomic mass is 10.1. The molecule has 0 spiro atoms. The van der Waals surface area contributed by atoms with E-state index in [-0.39, 0.29) is 16.3 Å². The maximum Gasteiger partial charge on any atom is 0.283 e. The standard InChI is InChI=1S/C20H16N4O4S/c1-28-18-8-2-3-9-19(18)29(26,27)23-20(25)16-11-10-14-15(22-16)6-4-7-17(14)24-13-5-12-21-24/h2-13H,1H3,(H,23,25). The molecule has 4 rings (SSSR count). The SMILES string of the molecule is COc1ccccc1S(=O)(=O)NC(=O)c1ccc2c(-n3cccn3)cccc2n1. The first-order valence-electron chi connectivity index (χ1n) is 8.59. The van der Waals surface area contributed by atoms with Gasteiger partial charge in [-0.25, -0.2) is 22.8 Å². The van der Waals surface area contributed by atoms with Gasteiger partial charge >= 0.3 is 0 Å². The van der Waals surface area contributed by atoms with Crippen LogP contribution >= 0.6 is 0 Å². The highest BCUT2D eigenvalue weighted by Crippen LogP contribution is 2.23. The first kappa shape index (κ1) is 18.6. The summed E-state index contributed by atoms with van der Waals surface area (Å²) in [5.41, 5.74) is 1.32. The van der Waals surface area contributed by atoms with Crippen LogP contribution in [0.3, 0.4) is 0 Å². The number of pyridine rings is 1. The van der Waals surface area contributed by atoms with Crippen LogP contribution in [-0.4, -0.2) is 36.2 Å². The lowest BCUT2D eigenvalue weighted by molar-refractivity contribution is 0.0977. The molecule has 0 radical (unpaired) electrons. The Bertz CT molecular complexity index is 1300. The Morgan fingerprint density at radius 1 is 1.03 bits per heavy atom. The number of fused-ring (bicyclic) bond motifs is 1. The third kappa shape index (κ3) is 3.55. The molecule has 1 amide bonds. The fraction of sp³-hybridized carbons (Fsp3) is 0.0500. The van der Waals surface area contributed by atoms with Gasteiger partial charge in [-0.2, -0.15) is 5.10 Å². The van der Waals surface area contributed by atoms with Crippen molar-refractivity contribution in [3.8, 4) is 11.4 Å². The molecule has 1 N–H and O–H groups in total. The number of sulfonamides is 1. The van der Waals surface area contributed by atoms with Crippen LogP contribution < -0.4 is 9.46 Å². The van der Waals surface area contributed by atoms with Crippen molar-refractivity contribution in [3.05, 3.63) is 78.8 Å². The summed E-state index contributed by atoms with van der Waals surface area (Å²) >= 11 is 0.